The van der Waals surface area contributed by atoms with Gasteiger partial charge in [0.1, 0.15) is 0 Å². The molecule has 0 amide bonds. The van der Waals surface area contributed by atoms with Gasteiger partial charge in [-0.2, -0.15) is 5.10 Å². The van der Waals surface area contributed by atoms with Gasteiger partial charge in [-0.05, 0) is 0 Å². The van der Waals surface area contributed by atoms with Crippen LogP contribution < -0.4 is 4.87 Å². The molecule has 84 valence electrons. The van der Waals surface area contributed by atoms with E-state index in [0.29, 0.717) is 0 Å². The topological polar surface area (TPSA) is 64.8 Å². The van der Waals surface area contributed by atoms with Gasteiger partial charge >= 0.3 is 4.87 Å². The zero-order chi connectivity index (χ0) is 11.7. The van der Waals surface area contributed by atoms with Crippen LogP contribution in [-0.2, 0) is 0 Å². The molecule has 2 aromatic rings. The number of aromatic amines is 2. The van der Waals surface area contributed by atoms with Crippen LogP contribution in [-0.4, -0.2) is 34.2 Å². The lowest BCUT2D eigenvalue weighted by molar-refractivity contribution is 0.590. The summed E-state index contributed by atoms with van der Waals surface area (Å²) in [4.78, 5) is 15.7. The van der Waals surface area contributed by atoms with Crippen molar-refractivity contribution in [3.8, 4) is 11.3 Å². The number of nitrogens with zero attached hydrogens (tertiary/aromatic N) is 2. The summed E-state index contributed by atoms with van der Waals surface area (Å²) in [5, 5.41) is 8.64. The number of aromatic nitrogens is 3. The maximum Gasteiger partial charge on any atom is 0.304 e. The van der Waals surface area contributed by atoms with Gasteiger partial charge in [0.2, 0.25) is 0 Å². The van der Waals surface area contributed by atoms with E-state index >= 15 is 0 Å². The van der Waals surface area contributed by atoms with Gasteiger partial charge in [-0.1, -0.05) is 17.9 Å². The van der Waals surface area contributed by atoms with E-state index < -0.39 is 0 Å². The molecule has 2 aromatic heterocycles. The third-order valence-electron chi connectivity index (χ3n) is 2.28. The third-order valence-corrected chi connectivity index (χ3v) is 2.95. The van der Waals surface area contributed by atoms with Crippen LogP contribution in [0.3, 0.4) is 0 Å². The number of hydrogen-bond donors (Lipinski definition) is 2. The Kier molecular flexibility index (Phi) is 2.66. The average Bonchev–Trinajstić information content (AvgIpc) is 2.83. The zero-order valence-corrected chi connectivity index (χ0v) is 9.89. The summed E-state index contributed by atoms with van der Waals surface area (Å²) in [6.07, 6.45) is 1.68. The van der Waals surface area contributed by atoms with Gasteiger partial charge in [0, 0.05) is 25.0 Å². The van der Waals surface area contributed by atoms with Crippen molar-refractivity contribution in [1.29, 1.82) is 0 Å². The standard InChI is InChI=1S/C10H12N4OS/c1-6(14(2)3)9-7(4-11-13-9)8-5-16-10(15)12-8/h4-5H,1H2,2-3H3,(H,11,13)(H,12,15). The first-order valence-electron chi connectivity index (χ1n) is 4.67. The van der Waals surface area contributed by atoms with E-state index in [1.54, 1.807) is 11.6 Å². The molecule has 6 heteroatoms. The molecule has 0 atom stereocenters. The first kappa shape index (κ1) is 10.7. The molecular formula is C10H12N4OS. The summed E-state index contributed by atoms with van der Waals surface area (Å²) in [6, 6.07) is 0. The molecule has 0 bridgehead atoms. The van der Waals surface area contributed by atoms with Crippen molar-refractivity contribution in [1.82, 2.24) is 20.1 Å². The average molecular weight is 236 g/mol. The van der Waals surface area contributed by atoms with Gasteiger partial charge < -0.3 is 9.88 Å². The molecule has 0 aliphatic rings. The van der Waals surface area contributed by atoms with Crippen molar-refractivity contribution < 1.29 is 0 Å². The van der Waals surface area contributed by atoms with E-state index in [1.165, 1.54) is 0 Å². The Labute approximate surface area is 96.4 Å². The number of hydrogen-bond acceptors (Lipinski definition) is 4. The Bertz CT molecular complexity index is 563. The van der Waals surface area contributed by atoms with Crippen LogP contribution >= 0.6 is 11.3 Å². The highest BCUT2D eigenvalue weighted by atomic mass is 32.1. The first-order valence-corrected chi connectivity index (χ1v) is 5.55. The molecule has 2 N–H and O–H groups in total. The zero-order valence-electron chi connectivity index (χ0n) is 9.07. The minimum atomic E-state index is -0.0717. The summed E-state index contributed by atoms with van der Waals surface area (Å²) >= 11 is 1.14. The highest BCUT2D eigenvalue weighted by molar-refractivity contribution is 7.07. The lowest BCUT2D eigenvalue weighted by Gasteiger charge is -2.14. The SMILES string of the molecule is C=C(c1[nH]ncc1-c1csc(=O)[nH]1)N(C)C. The molecular weight excluding hydrogens is 224 g/mol. The first-order chi connectivity index (χ1) is 7.59. The second-order valence-corrected chi connectivity index (χ2v) is 4.40. The Morgan fingerprint density at radius 2 is 2.31 bits per heavy atom. The lowest BCUT2D eigenvalue weighted by atomic mass is 10.1. The van der Waals surface area contributed by atoms with Gasteiger partial charge in [0.25, 0.3) is 0 Å². The Morgan fingerprint density at radius 3 is 2.88 bits per heavy atom. The number of nitrogens with one attached hydrogen (secondary N) is 2. The Morgan fingerprint density at radius 1 is 1.56 bits per heavy atom. The Hall–Kier alpha value is -1.82. The van der Waals surface area contributed by atoms with Crippen molar-refractivity contribution in [2.75, 3.05) is 14.1 Å². The molecule has 0 saturated carbocycles. The van der Waals surface area contributed by atoms with E-state index in [0.717, 1.165) is 34.0 Å². The van der Waals surface area contributed by atoms with Gasteiger partial charge in [0.15, 0.2) is 0 Å². The highest BCUT2D eigenvalue weighted by Crippen LogP contribution is 2.25. The van der Waals surface area contributed by atoms with Crippen LogP contribution in [0.25, 0.3) is 17.0 Å². The number of rotatable bonds is 3. The molecule has 5 nitrogen and oxygen atoms in total. The molecule has 0 aliphatic carbocycles. The highest BCUT2D eigenvalue weighted by Gasteiger charge is 2.13. The van der Waals surface area contributed by atoms with E-state index in [1.807, 2.05) is 19.0 Å². The second kappa shape index (κ2) is 3.97. The Balaban J connectivity index is 2.47. The maximum absolute atomic E-state index is 11.1. The summed E-state index contributed by atoms with van der Waals surface area (Å²) in [5.41, 5.74) is 3.26. The maximum atomic E-state index is 11.1. The molecule has 2 heterocycles. The predicted octanol–water partition coefficient (Wildman–Crippen LogP) is 1.36. The van der Waals surface area contributed by atoms with Crippen molar-refractivity contribution in [2.45, 2.75) is 0 Å². The molecule has 0 fully saturated rings. The van der Waals surface area contributed by atoms with Crippen LogP contribution in [0.1, 0.15) is 5.69 Å². The van der Waals surface area contributed by atoms with E-state index in [4.69, 9.17) is 0 Å². The fraction of sp³-hybridized carbons (Fsp3) is 0.200. The van der Waals surface area contributed by atoms with Gasteiger partial charge in [0.05, 0.1) is 23.3 Å². The van der Waals surface area contributed by atoms with E-state index in [9.17, 15) is 4.79 Å². The molecule has 0 unspecified atom stereocenters. The van der Waals surface area contributed by atoms with Crippen LogP contribution in [0.4, 0.5) is 0 Å². The largest absolute Gasteiger partial charge is 0.376 e. The van der Waals surface area contributed by atoms with Crippen molar-refractivity contribution in [3.63, 3.8) is 0 Å². The minimum Gasteiger partial charge on any atom is -0.376 e. The van der Waals surface area contributed by atoms with Gasteiger partial charge in [-0.25, -0.2) is 0 Å². The summed E-state index contributed by atoms with van der Waals surface area (Å²) < 4.78 is 0. The fourth-order valence-corrected chi connectivity index (χ4v) is 1.93. The smallest absolute Gasteiger partial charge is 0.304 e. The fourth-order valence-electron chi connectivity index (χ4n) is 1.35. The van der Waals surface area contributed by atoms with Crippen LogP contribution in [0.15, 0.2) is 23.0 Å². The quantitative estimate of drug-likeness (QED) is 0.845. The van der Waals surface area contributed by atoms with Crippen LogP contribution in [0, 0.1) is 0 Å². The van der Waals surface area contributed by atoms with E-state index in [2.05, 4.69) is 21.8 Å². The van der Waals surface area contributed by atoms with Crippen molar-refractivity contribution >= 4 is 17.0 Å². The minimum absolute atomic E-state index is 0.0717. The summed E-state index contributed by atoms with van der Waals surface area (Å²) in [5.74, 6) is 0. The van der Waals surface area contributed by atoms with Crippen molar-refractivity contribution in [3.05, 3.63) is 33.5 Å². The molecule has 0 aliphatic heterocycles. The molecule has 2 rings (SSSR count). The third kappa shape index (κ3) is 1.79. The normalized spacial score (nSPS) is 10.4. The van der Waals surface area contributed by atoms with Crippen molar-refractivity contribution in [2.24, 2.45) is 0 Å². The van der Waals surface area contributed by atoms with E-state index in [-0.39, 0.29) is 4.87 Å². The van der Waals surface area contributed by atoms with Crippen LogP contribution in [0.5, 0.6) is 0 Å². The lowest BCUT2D eigenvalue weighted by Crippen LogP contribution is -2.09. The molecule has 0 radical (unpaired) electrons. The molecule has 0 spiro atoms. The summed E-state index contributed by atoms with van der Waals surface area (Å²) in [6.45, 7) is 3.96. The number of H-pyrrole nitrogens is 2. The molecule has 16 heavy (non-hydrogen) atoms. The van der Waals surface area contributed by atoms with Gasteiger partial charge in [-0.15, -0.1) is 0 Å². The monoisotopic (exact) mass is 236 g/mol. The molecule has 0 saturated heterocycles. The number of thiazole rings is 1. The molecule has 0 aromatic carbocycles. The van der Waals surface area contributed by atoms with Gasteiger partial charge in [-0.3, -0.25) is 9.89 Å². The summed E-state index contributed by atoms with van der Waals surface area (Å²) in [7, 11) is 3.81. The second-order valence-electron chi connectivity index (χ2n) is 3.56. The van der Waals surface area contributed by atoms with Crippen LogP contribution in [0.2, 0.25) is 0 Å². The predicted molar refractivity (Wildman–Crippen MR) is 65.2 cm³/mol.